The van der Waals surface area contributed by atoms with Crippen molar-refractivity contribution < 1.29 is 24.6 Å². The van der Waals surface area contributed by atoms with Gasteiger partial charge in [0.25, 0.3) is 0 Å². The van der Waals surface area contributed by atoms with Gasteiger partial charge < -0.3 is 20.4 Å². The predicted molar refractivity (Wildman–Crippen MR) is 66.8 cm³/mol. The average Bonchev–Trinajstić information content (AvgIpc) is 2.37. The second-order valence-corrected chi connectivity index (χ2v) is 4.33. The summed E-state index contributed by atoms with van der Waals surface area (Å²) < 4.78 is 0. The van der Waals surface area contributed by atoms with Gasteiger partial charge in [-0.3, -0.25) is 4.79 Å². The topological polar surface area (TPSA) is 107 Å². The Labute approximate surface area is 110 Å². The summed E-state index contributed by atoms with van der Waals surface area (Å²) in [5, 5.41) is 19.9. The van der Waals surface area contributed by atoms with Crippen molar-refractivity contribution in [2.24, 2.45) is 0 Å². The Hall–Kier alpha value is -2.05. The molecule has 0 aromatic rings. The Balaban J connectivity index is 2.43. The molecule has 2 amide bonds. The SMILES string of the molecule is O=C(O)CCC[C@@H](NC(=O)N1CC=CCC1)C(=O)O. The summed E-state index contributed by atoms with van der Waals surface area (Å²) in [6.45, 7) is 1.02. The molecule has 7 nitrogen and oxygen atoms in total. The predicted octanol–water partition coefficient (Wildman–Crippen LogP) is 0.666. The van der Waals surface area contributed by atoms with Crippen LogP contribution in [0, 0.1) is 0 Å². The highest BCUT2D eigenvalue weighted by molar-refractivity contribution is 5.82. The number of carboxylic acid groups (broad SMARTS) is 2. The minimum absolute atomic E-state index is 0.105. The molecule has 0 saturated carbocycles. The van der Waals surface area contributed by atoms with Crippen LogP contribution in [0.15, 0.2) is 12.2 Å². The van der Waals surface area contributed by atoms with Crippen molar-refractivity contribution >= 4 is 18.0 Å². The fraction of sp³-hybridized carbons (Fsp3) is 0.583. The Bertz CT molecular complexity index is 380. The first-order valence-electron chi connectivity index (χ1n) is 6.15. The van der Waals surface area contributed by atoms with Gasteiger partial charge in [-0.1, -0.05) is 12.2 Å². The van der Waals surface area contributed by atoms with Gasteiger partial charge in [0.2, 0.25) is 0 Å². The van der Waals surface area contributed by atoms with E-state index >= 15 is 0 Å². The van der Waals surface area contributed by atoms with Crippen molar-refractivity contribution in [3.05, 3.63) is 12.2 Å². The third-order valence-electron chi connectivity index (χ3n) is 2.82. The number of amides is 2. The lowest BCUT2D eigenvalue weighted by atomic mass is 10.1. The van der Waals surface area contributed by atoms with Gasteiger partial charge in [0, 0.05) is 19.5 Å². The van der Waals surface area contributed by atoms with E-state index in [4.69, 9.17) is 10.2 Å². The molecule has 0 saturated heterocycles. The van der Waals surface area contributed by atoms with Crippen molar-refractivity contribution in [1.82, 2.24) is 10.2 Å². The number of carbonyl (C=O) groups excluding carboxylic acids is 1. The number of hydrogen-bond acceptors (Lipinski definition) is 3. The van der Waals surface area contributed by atoms with E-state index in [2.05, 4.69) is 5.32 Å². The smallest absolute Gasteiger partial charge is 0.326 e. The van der Waals surface area contributed by atoms with Crippen LogP contribution in [0.2, 0.25) is 0 Å². The summed E-state index contributed by atoms with van der Waals surface area (Å²) in [6.07, 6.45) is 4.79. The van der Waals surface area contributed by atoms with Crippen LogP contribution >= 0.6 is 0 Å². The molecule has 1 aliphatic rings. The molecule has 3 N–H and O–H groups in total. The molecule has 1 rings (SSSR count). The standard InChI is InChI=1S/C12H18N2O5/c15-10(16)6-4-5-9(11(17)18)13-12(19)14-7-2-1-3-8-14/h1-2,9H,3-8H2,(H,13,19)(H,15,16)(H,17,18)/t9-/m1/s1. The molecule has 1 aliphatic heterocycles. The van der Waals surface area contributed by atoms with E-state index in [0.29, 0.717) is 13.1 Å². The monoisotopic (exact) mass is 270 g/mol. The van der Waals surface area contributed by atoms with E-state index < -0.39 is 24.0 Å². The van der Waals surface area contributed by atoms with Gasteiger partial charge in [-0.05, 0) is 19.3 Å². The van der Waals surface area contributed by atoms with Crippen molar-refractivity contribution in [3.63, 3.8) is 0 Å². The second-order valence-electron chi connectivity index (χ2n) is 4.33. The largest absolute Gasteiger partial charge is 0.481 e. The van der Waals surface area contributed by atoms with Gasteiger partial charge in [0.1, 0.15) is 6.04 Å². The van der Waals surface area contributed by atoms with E-state index in [1.165, 1.54) is 4.90 Å². The highest BCUT2D eigenvalue weighted by atomic mass is 16.4. The Morgan fingerprint density at radius 2 is 2.00 bits per heavy atom. The molecule has 0 radical (unpaired) electrons. The quantitative estimate of drug-likeness (QED) is 0.615. The molecule has 106 valence electrons. The third kappa shape index (κ3) is 5.41. The summed E-state index contributed by atoms with van der Waals surface area (Å²) in [4.78, 5) is 34.7. The van der Waals surface area contributed by atoms with Crippen LogP contribution in [-0.4, -0.2) is 52.2 Å². The van der Waals surface area contributed by atoms with E-state index in [9.17, 15) is 14.4 Å². The molecule has 0 aromatic heterocycles. The number of nitrogens with zero attached hydrogens (tertiary/aromatic N) is 1. The van der Waals surface area contributed by atoms with Gasteiger partial charge >= 0.3 is 18.0 Å². The zero-order chi connectivity index (χ0) is 14.3. The van der Waals surface area contributed by atoms with Gasteiger partial charge in [-0.25, -0.2) is 9.59 Å². The minimum atomic E-state index is -1.15. The minimum Gasteiger partial charge on any atom is -0.481 e. The van der Waals surface area contributed by atoms with Crippen LogP contribution in [0.25, 0.3) is 0 Å². The molecular weight excluding hydrogens is 252 g/mol. The fourth-order valence-corrected chi connectivity index (χ4v) is 1.78. The van der Waals surface area contributed by atoms with Crippen LogP contribution in [0.5, 0.6) is 0 Å². The lowest BCUT2D eigenvalue weighted by Crippen LogP contribution is -2.48. The molecule has 0 spiro atoms. The Morgan fingerprint density at radius 1 is 1.26 bits per heavy atom. The summed E-state index contributed by atoms with van der Waals surface area (Å²) >= 11 is 0. The molecule has 1 atom stereocenters. The molecule has 0 bridgehead atoms. The maximum Gasteiger partial charge on any atom is 0.326 e. The zero-order valence-electron chi connectivity index (χ0n) is 10.5. The molecule has 7 heteroatoms. The van der Waals surface area contributed by atoms with Crippen LogP contribution in [0.3, 0.4) is 0 Å². The number of carbonyl (C=O) groups is 3. The highest BCUT2D eigenvalue weighted by Crippen LogP contribution is 2.05. The summed E-state index contributed by atoms with van der Waals surface area (Å²) in [7, 11) is 0. The van der Waals surface area contributed by atoms with E-state index in [0.717, 1.165) is 6.42 Å². The van der Waals surface area contributed by atoms with Gasteiger partial charge in [-0.15, -0.1) is 0 Å². The zero-order valence-corrected chi connectivity index (χ0v) is 10.5. The maximum atomic E-state index is 11.8. The Kier molecular flexibility index (Phi) is 5.84. The van der Waals surface area contributed by atoms with Crippen LogP contribution in [-0.2, 0) is 9.59 Å². The number of urea groups is 1. The third-order valence-corrected chi connectivity index (χ3v) is 2.82. The van der Waals surface area contributed by atoms with Crippen LogP contribution < -0.4 is 5.32 Å². The number of rotatable bonds is 6. The fourth-order valence-electron chi connectivity index (χ4n) is 1.78. The van der Waals surface area contributed by atoms with Crippen LogP contribution in [0.1, 0.15) is 25.7 Å². The molecule has 0 unspecified atom stereocenters. The number of hydrogen-bond donors (Lipinski definition) is 3. The molecule has 0 aliphatic carbocycles. The Morgan fingerprint density at radius 3 is 2.53 bits per heavy atom. The van der Waals surface area contributed by atoms with Crippen molar-refractivity contribution in [3.8, 4) is 0 Å². The lowest BCUT2D eigenvalue weighted by molar-refractivity contribution is -0.140. The van der Waals surface area contributed by atoms with Crippen molar-refractivity contribution in [2.75, 3.05) is 13.1 Å². The summed E-state index contributed by atoms with van der Waals surface area (Å²) in [6, 6.07) is -1.47. The van der Waals surface area contributed by atoms with Crippen molar-refractivity contribution in [1.29, 1.82) is 0 Å². The molecule has 19 heavy (non-hydrogen) atoms. The van der Waals surface area contributed by atoms with Gasteiger partial charge in [0.15, 0.2) is 0 Å². The van der Waals surface area contributed by atoms with Crippen molar-refractivity contribution in [2.45, 2.75) is 31.7 Å². The summed E-state index contributed by atoms with van der Waals surface area (Å²) in [5.41, 5.74) is 0. The van der Waals surface area contributed by atoms with E-state index in [1.807, 2.05) is 12.2 Å². The van der Waals surface area contributed by atoms with E-state index in [1.54, 1.807) is 0 Å². The number of nitrogens with one attached hydrogen (secondary N) is 1. The lowest BCUT2D eigenvalue weighted by Gasteiger charge is -2.25. The molecule has 1 heterocycles. The molecular formula is C12H18N2O5. The van der Waals surface area contributed by atoms with Gasteiger partial charge in [-0.2, -0.15) is 0 Å². The summed E-state index contributed by atoms with van der Waals surface area (Å²) in [5.74, 6) is -2.12. The first kappa shape index (κ1) is 15.0. The number of aliphatic carboxylic acids is 2. The highest BCUT2D eigenvalue weighted by Gasteiger charge is 2.23. The first-order chi connectivity index (χ1) is 9.00. The second kappa shape index (κ2) is 7.40. The van der Waals surface area contributed by atoms with E-state index in [-0.39, 0.29) is 19.3 Å². The number of carboxylic acids is 2. The van der Waals surface area contributed by atoms with Crippen LogP contribution in [0.4, 0.5) is 4.79 Å². The molecule has 0 aromatic carbocycles. The maximum absolute atomic E-state index is 11.8. The molecule has 0 fully saturated rings. The normalized spacial score (nSPS) is 15.9. The van der Waals surface area contributed by atoms with Gasteiger partial charge in [0.05, 0.1) is 0 Å². The average molecular weight is 270 g/mol. The first-order valence-corrected chi connectivity index (χ1v) is 6.15.